The number of hydrogen-bond acceptors (Lipinski definition) is 5. The Morgan fingerprint density at radius 3 is 2.32 bits per heavy atom. The van der Waals surface area contributed by atoms with Gasteiger partial charge in [0.05, 0.1) is 24.3 Å². The van der Waals surface area contributed by atoms with Crippen LogP contribution in [0.2, 0.25) is 5.02 Å². The van der Waals surface area contributed by atoms with E-state index >= 15 is 0 Å². The van der Waals surface area contributed by atoms with E-state index in [0.717, 1.165) is 5.56 Å². The number of anilines is 2. The normalized spacial score (nSPS) is 15.1. The monoisotopic (exact) mass is 553 g/mol. The highest BCUT2D eigenvalue weighted by molar-refractivity contribution is 7.80. The lowest BCUT2D eigenvalue weighted by Gasteiger charge is -2.24. The number of halogens is 2. The summed E-state index contributed by atoms with van der Waals surface area (Å²) in [6, 6.07) is 18.3. The third kappa shape index (κ3) is 6.35. The third-order valence-corrected chi connectivity index (χ3v) is 6.69. The smallest absolute Gasteiger partial charge is 0.338 e. The number of nitrogens with one attached hydrogen (secondary N) is 1. The summed E-state index contributed by atoms with van der Waals surface area (Å²) in [4.78, 5) is 41.6. The molecule has 0 spiro atoms. The van der Waals surface area contributed by atoms with Crippen molar-refractivity contribution >= 4 is 58.1 Å². The zero-order valence-electron chi connectivity index (χ0n) is 20.5. The number of esters is 1. The number of carbonyl (C=O) groups is 3. The predicted octanol–water partition coefficient (Wildman–Crippen LogP) is 5.23. The highest BCUT2D eigenvalue weighted by Gasteiger charge is 2.44. The average Bonchev–Trinajstić information content (AvgIpc) is 3.13. The van der Waals surface area contributed by atoms with E-state index in [9.17, 15) is 18.8 Å². The molecule has 1 saturated heterocycles. The summed E-state index contributed by atoms with van der Waals surface area (Å²) in [5, 5.41) is 3.57. The molecule has 4 rings (SSSR count). The Morgan fingerprint density at radius 1 is 1.03 bits per heavy atom. The fraction of sp³-hybridized carbons (Fsp3) is 0.214. The second-order valence-corrected chi connectivity index (χ2v) is 9.37. The summed E-state index contributed by atoms with van der Waals surface area (Å²) in [5.41, 5.74) is 2.24. The molecular formula is C28H25ClFN3O4S. The summed E-state index contributed by atoms with van der Waals surface area (Å²) in [6.45, 7) is 2.31. The number of thiocarbonyl (C=S) groups is 1. The van der Waals surface area contributed by atoms with Gasteiger partial charge in [-0.1, -0.05) is 23.7 Å². The van der Waals surface area contributed by atoms with Crippen molar-refractivity contribution in [1.29, 1.82) is 0 Å². The van der Waals surface area contributed by atoms with Crippen molar-refractivity contribution in [2.45, 2.75) is 25.8 Å². The molecule has 38 heavy (non-hydrogen) atoms. The van der Waals surface area contributed by atoms with Crippen LogP contribution in [0.5, 0.6) is 0 Å². The average molecular weight is 554 g/mol. The Morgan fingerprint density at radius 2 is 1.68 bits per heavy atom. The van der Waals surface area contributed by atoms with E-state index in [2.05, 4.69) is 5.32 Å². The van der Waals surface area contributed by atoms with Crippen molar-refractivity contribution in [2.24, 2.45) is 0 Å². The second-order valence-electron chi connectivity index (χ2n) is 8.57. The fourth-order valence-electron chi connectivity index (χ4n) is 4.11. The summed E-state index contributed by atoms with van der Waals surface area (Å²) in [7, 11) is 0. The molecule has 0 saturated carbocycles. The highest BCUT2D eigenvalue weighted by atomic mass is 35.5. The first-order chi connectivity index (χ1) is 18.3. The van der Waals surface area contributed by atoms with Crippen LogP contribution in [0.4, 0.5) is 15.8 Å². The Kier molecular flexibility index (Phi) is 8.70. The topological polar surface area (TPSA) is 78.9 Å². The number of rotatable bonds is 9. The molecule has 0 aromatic heterocycles. The first kappa shape index (κ1) is 27.2. The maximum absolute atomic E-state index is 13.6. The molecule has 1 fully saturated rings. The molecular weight excluding hydrogens is 529 g/mol. The van der Waals surface area contributed by atoms with Crippen LogP contribution in [0.15, 0.2) is 72.8 Å². The van der Waals surface area contributed by atoms with Crippen LogP contribution in [0, 0.1) is 5.82 Å². The van der Waals surface area contributed by atoms with Crippen molar-refractivity contribution in [3.8, 4) is 0 Å². The van der Waals surface area contributed by atoms with Gasteiger partial charge in [0.25, 0.3) is 5.91 Å². The van der Waals surface area contributed by atoms with Crippen molar-refractivity contribution < 1.29 is 23.5 Å². The predicted molar refractivity (Wildman–Crippen MR) is 148 cm³/mol. The quantitative estimate of drug-likeness (QED) is 0.289. The molecule has 1 aliphatic heterocycles. The molecule has 1 atom stereocenters. The molecule has 2 amide bonds. The van der Waals surface area contributed by atoms with Crippen LogP contribution >= 0.6 is 23.8 Å². The van der Waals surface area contributed by atoms with Gasteiger partial charge >= 0.3 is 5.97 Å². The highest BCUT2D eigenvalue weighted by Crippen LogP contribution is 2.28. The first-order valence-electron chi connectivity index (χ1n) is 12.0. The van der Waals surface area contributed by atoms with Gasteiger partial charge < -0.3 is 15.0 Å². The molecule has 1 heterocycles. The maximum Gasteiger partial charge on any atom is 0.338 e. The number of benzene rings is 3. The Hall–Kier alpha value is -3.82. The van der Waals surface area contributed by atoms with E-state index in [1.165, 1.54) is 17.0 Å². The summed E-state index contributed by atoms with van der Waals surface area (Å²) >= 11 is 11.6. The Labute approximate surface area is 230 Å². The molecule has 1 N–H and O–H groups in total. The molecule has 1 aliphatic rings. The minimum absolute atomic E-state index is 0.136. The summed E-state index contributed by atoms with van der Waals surface area (Å²) in [6.07, 6.45) is 0.348. The van der Waals surface area contributed by atoms with Crippen LogP contribution < -0.4 is 10.2 Å². The van der Waals surface area contributed by atoms with E-state index in [0.29, 0.717) is 34.9 Å². The van der Waals surface area contributed by atoms with Gasteiger partial charge in [0.2, 0.25) is 5.91 Å². The van der Waals surface area contributed by atoms with Crippen molar-refractivity contribution in [3.05, 3.63) is 94.8 Å². The van der Waals surface area contributed by atoms with E-state index < -0.39 is 12.0 Å². The van der Waals surface area contributed by atoms with Gasteiger partial charge in [-0.2, -0.15) is 0 Å². The zero-order chi connectivity index (χ0) is 27.2. The van der Waals surface area contributed by atoms with Crippen LogP contribution in [0.3, 0.4) is 0 Å². The van der Waals surface area contributed by atoms with Gasteiger partial charge in [0.1, 0.15) is 11.9 Å². The SMILES string of the molecule is CCOC(=O)c1ccc(N2C(=O)[C@H](CC(=O)Nc3ccc(Cl)cc3)N(CCc3ccc(F)cc3)C2=S)cc1. The largest absolute Gasteiger partial charge is 0.462 e. The van der Waals surface area contributed by atoms with E-state index in [4.69, 9.17) is 28.6 Å². The number of hydrogen-bond donors (Lipinski definition) is 1. The van der Waals surface area contributed by atoms with Crippen LogP contribution in [-0.4, -0.2) is 47.0 Å². The molecule has 0 bridgehead atoms. The van der Waals surface area contributed by atoms with Crippen LogP contribution in [0.1, 0.15) is 29.3 Å². The van der Waals surface area contributed by atoms with Crippen molar-refractivity contribution in [3.63, 3.8) is 0 Å². The molecule has 7 nitrogen and oxygen atoms in total. The molecule has 0 aliphatic carbocycles. The van der Waals surface area contributed by atoms with Gasteiger partial charge in [-0.15, -0.1) is 0 Å². The molecule has 10 heteroatoms. The number of ether oxygens (including phenoxy) is 1. The Bertz CT molecular complexity index is 1330. The van der Waals surface area contributed by atoms with E-state index in [1.807, 2.05) is 0 Å². The number of nitrogens with zero attached hydrogens (tertiary/aromatic N) is 2. The molecule has 196 valence electrons. The van der Waals surface area contributed by atoms with Gasteiger partial charge in [0, 0.05) is 17.3 Å². The van der Waals surface area contributed by atoms with Gasteiger partial charge in [-0.3, -0.25) is 14.5 Å². The maximum atomic E-state index is 13.6. The van der Waals surface area contributed by atoms with Crippen molar-refractivity contribution in [1.82, 2.24) is 4.90 Å². The fourth-order valence-corrected chi connectivity index (χ4v) is 4.65. The van der Waals surface area contributed by atoms with Crippen LogP contribution in [-0.2, 0) is 20.7 Å². The molecule has 3 aromatic rings. The van der Waals surface area contributed by atoms with Crippen molar-refractivity contribution in [2.75, 3.05) is 23.4 Å². The molecule has 3 aromatic carbocycles. The number of carbonyl (C=O) groups excluding carboxylic acids is 3. The number of amides is 2. The summed E-state index contributed by atoms with van der Waals surface area (Å²) in [5.74, 6) is -1.52. The zero-order valence-corrected chi connectivity index (χ0v) is 22.1. The minimum atomic E-state index is -0.847. The van der Waals surface area contributed by atoms with Gasteiger partial charge in [0.15, 0.2) is 5.11 Å². The Balaban J connectivity index is 1.55. The van der Waals surface area contributed by atoms with Crippen LogP contribution in [0.25, 0.3) is 0 Å². The van der Waals surface area contributed by atoms with E-state index in [1.54, 1.807) is 72.5 Å². The molecule has 0 unspecified atom stereocenters. The van der Waals surface area contributed by atoms with Gasteiger partial charge in [-0.05, 0) is 91.8 Å². The molecule has 0 radical (unpaired) electrons. The summed E-state index contributed by atoms with van der Waals surface area (Å²) < 4.78 is 18.4. The lowest BCUT2D eigenvalue weighted by atomic mass is 10.1. The van der Waals surface area contributed by atoms with Gasteiger partial charge in [-0.25, -0.2) is 9.18 Å². The third-order valence-electron chi connectivity index (χ3n) is 6.02. The minimum Gasteiger partial charge on any atom is -0.462 e. The standard InChI is InChI=1S/C28H25ClFN3O4S/c1-2-37-27(36)19-5-13-23(14-6-19)33-26(35)24(17-25(34)31-22-11-7-20(29)8-12-22)32(28(33)38)16-15-18-3-9-21(30)10-4-18/h3-14,24H,2,15-17H2,1H3,(H,31,34)/t24-/m0/s1. The van der Waals surface area contributed by atoms with E-state index in [-0.39, 0.29) is 35.8 Å². The second kappa shape index (κ2) is 12.1. The first-order valence-corrected chi connectivity index (χ1v) is 12.8. The lowest BCUT2D eigenvalue weighted by molar-refractivity contribution is -0.124. The lowest BCUT2D eigenvalue weighted by Crippen LogP contribution is -2.39.